The molecular weight excluding hydrogens is 140 g/mol. The average Bonchev–Trinajstić information content (AvgIpc) is 2.46. The molecule has 2 saturated heterocycles. The second kappa shape index (κ2) is 3.09. The van der Waals surface area contributed by atoms with Crippen LogP contribution in [-0.4, -0.2) is 37.2 Å². The van der Waals surface area contributed by atoms with Crippen LogP contribution in [0.1, 0.15) is 19.3 Å². The van der Waals surface area contributed by atoms with Crippen LogP contribution >= 0.6 is 0 Å². The Hall–Kier alpha value is -0.120. The van der Waals surface area contributed by atoms with Gasteiger partial charge in [0, 0.05) is 18.6 Å². The number of fused-ring (bicyclic) bond motifs is 1. The van der Waals surface area contributed by atoms with Crippen molar-refractivity contribution in [2.24, 2.45) is 0 Å². The molecule has 2 atom stereocenters. The SMILES string of the molecule is CONC1CC2CCCN2C1. The van der Waals surface area contributed by atoms with E-state index in [1.807, 2.05) is 0 Å². The van der Waals surface area contributed by atoms with E-state index >= 15 is 0 Å². The first kappa shape index (κ1) is 7.53. The zero-order valence-corrected chi connectivity index (χ0v) is 7.05. The van der Waals surface area contributed by atoms with Crippen LogP contribution < -0.4 is 5.48 Å². The lowest BCUT2D eigenvalue weighted by molar-refractivity contribution is 0.0628. The van der Waals surface area contributed by atoms with Gasteiger partial charge in [0.25, 0.3) is 0 Å². The number of nitrogens with one attached hydrogen (secondary N) is 1. The fourth-order valence-electron chi connectivity index (χ4n) is 2.34. The first-order valence-corrected chi connectivity index (χ1v) is 4.42. The Labute approximate surface area is 67.7 Å². The zero-order chi connectivity index (χ0) is 7.68. The molecule has 2 aliphatic rings. The van der Waals surface area contributed by atoms with E-state index in [4.69, 9.17) is 4.84 Å². The Morgan fingerprint density at radius 1 is 1.55 bits per heavy atom. The van der Waals surface area contributed by atoms with Crippen molar-refractivity contribution in [2.45, 2.75) is 31.3 Å². The number of hydrogen-bond donors (Lipinski definition) is 1. The van der Waals surface area contributed by atoms with E-state index in [9.17, 15) is 0 Å². The minimum Gasteiger partial charge on any atom is -0.305 e. The van der Waals surface area contributed by atoms with Gasteiger partial charge in [-0.05, 0) is 25.8 Å². The predicted octanol–water partition coefficient (Wildman–Crippen LogP) is 0.374. The van der Waals surface area contributed by atoms with Gasteiger partial charge in [-0.1, -0.05) is 0 Å². The Balaban J connectivity index is 1.84. The Morgan fingerprint density at radius 2 is 2.45 bits per heavy atom. The maximum atomic E-state index is 4.91. The van der Waals surface area contributed by atoms with E-state index in [1.54, 1.807) is 7.11 Å². The molecule has 0 aromatic carbocycles. The summed E-state index contributed by atoms with van der Waals surface area (Å²) in [5.74, 6) is 0. The molecule has 0 saturated carbocycles. The molecule has 2 heterocycles. The van der Waals surface area contributed by atoms with Crippen molar-refractivity contribution in [3.63, 3.8) is 0 Å². The monoisotopic (exact) mass is 156 g/mol. The zero-order valence-electron chi connectivity index (χ0n) is 7.05. The lowest BCUT2D eigenvalue weighted by atomic mass is 10.1. The third-order valence-corrected chi connectivity index (χ3v) is 2.80. The summed E-state index contributed by atoms with van der Waals surface area (Å²) in [6.07, 6.45) is 4.06. The van der Waals surface area contributed by atoms with Crippen molar-refractivity contribution in [3.05, 3.63) is 0 Å². The highest BCUT2D eigenvalue weighted by Crippen LogP contribution is 2.27. The number of hydrogen-bond acceptors (Lipinski definition) is 3. The molecule has 2 rings (SSSR count). The van der Waals surface area contributed by atoms with Crippen LogP contribution in [0, 0.1) is 0 Å². The van der Waals surface area contributed by atoms with Crippen LogP contribution in [0.4, 0.5) is 0 Å². The molecule has 0 spiro atoms. The third kappa shape index (κ3) is 1.41. The van der Waals surface area contributed by atoms with Crippen LogP contribution in [0.25, 0.3) is 0 Å². The number of rotatable bonds is 2. The molecule has 11 heavy (non-hydrogen) atoms. The minimum atomic E-state index is 0.574. The van der Waals surface area contributed by atoms with E-state index in [1.165, 1.54) is 32.4 Å². The van der Waals surface area contributed by atoms with Crippen molar-refractivity contribution in [1.29, 1.82) is 0 Å². The van der Waals surface area contributed by atoms with E-state index in [-0.39, 0.29) is 0 Å². The topological polar surface area (TPSA) is 24.5 Å². The average molecular weight is 156 g/mol. The van der Waals surface area contributed by atoms with Crippen molar-refractivity contribution in [3.8, 4) is 0 Å². The summed E-state index contributed by atoms with van der Waals surface area (Å²) in [7, 11) is 1.70. The van der Waals surface area contributed by atoms with E-state index in [0.717, 1.165) is 6.04 Å². The Morgan fingerprint density at radius 3 is 3.18 bits per heavy atom. The Bertz CT molecular complexity index is 128. The van der Waals surface area contributed by atoms with Gasteiger partial charge >= 0.3 is 0 Å². The van der Waals surface area contributed by atoms with Gasteiger partial charge < -0.3 is 4.84 Å². The van der Waals surface area contributed by atoms with Crippen LogP contribution in [0.15, 0.2) is 0 Å². The molecule has 3 heteroatoms. The van der Waals surface area contributed by atoms with Gasteiger partial charge in [-0.3, -0.25) is 4.90 Å². The molecule has 0 amide bonds. The fourth-order valence-corrected chi connectivity index (χ4v) is 2.34. The van der Waals surface area contributed by atoms with E-state index in [2.05, 4.69) is 10.4 Å². The van der Waals surface area contributed by atoms with Gasteiger partial charge in [-0.25, -0.2) is 0 Å². The van der Waals surface area contributed by atoms with Crippen molar-refractivity contribution >= 4 is 0 Å². The van der Waals surface area contributed by atoms with Crippen LogP contribution in [0.5, 0.6) is 0 Å². The Kier molecular flexibility index (Phi) is 2.11. The molecular formula is C8H16N2O. The van der Waals surface area contributed by atoms with E-state index < -0.39 is 0 Å². The lowest BCUT2D eigenvalue weighted by Gasteiger charge is -2.12. The molecule has 0 aromatic rings. The molecule has 64 valence electrons. The number of hydroxylamine groups is 1. The highest BCUT2D eigenvalue weighted by atomic mass is 16.6. The largest absolute Gasteiger partial charge is 0.305 e. The van der Waals surface area contributed by atoms with Crippen LogP contribution in [0.2, 0.25) is 0 Å². The summed E-state index contributed by atoms with van der Waals surface area (Å²) in [5.41, 5.74) is 3.03. The molecule has 2 aliphatic heterocycles. The molecule has 2 unspecified atom stereocenters. The first-order valence-electron chi connectivity index (χ1n) is 4.42. The summed E-state index contributed by atoms with van der Waals surface area (Å²) in [6.45, 7) is 2.48. The summed E-state index contributed by atoms with van der Waals surface area (Å²) in [4.78, 5) is 7.48. The van der Waals surface area contributed by atoms with Crippen molar-refractivity contribution in [1.82, 2.24) is 10.4 Å². The van der Waals surface area contributed by atoms with Gasteiger partial charge in [-0.2, -0.15) is 5.48 Å². The molecule has 2 fully saturated rings. The third-order valence-electron chi connectivity index (χ3n) is 2.80. The molecule has 0 bridgehead atoms. The second-order valence-corrected chi connectivity index (χ2v) is 3.55. The predicted molar refractivity (Wildman–Crippen MR) is 43.1 cm³/mol. The lowest BCUT2D eigenvalue weighted by Crippen LogP contribution is -2.31. The standard InChI is InChI=1S/C8H16N2O/c1-11-9-7-5-8-3-2-4-10(8)6-7/h7-9H,2-6H2,1H3. The van der Waals surface area contributed by atoms with Crippen molar-refractivity contribution < 1.29 is 4.84 Å². The molecule has 1 N–H and O–H groups in total. The normalized spacial score (nSPS) is 37.9. The summed E-state index contributed by atoms with van der Waals surface area (Å²) in [5, 5.41) is 0. The second-order valence-electron chi connectivity index (χ2n) is 3.55. The van der Waals surface area contributed by atoms with Gasteiger partial charge in [0.2, 0.25) is 0 Å². The van der Waals surface area contributed by atoms with Crippen LogP contribution in [0.3, 0.4) is 0 Å². The summed E-state index contributed by atoms with van der Waals surface area (Å²) in [6, 6.07) is 1.42. The number of nitrogens with zero attached hydrogens (tertiary/aromatic N) is 1. The molecule has 0 aliphatic carbocycles. The maximum absolute atomic E-state index is 4.91. The quantitative estimate of drug-likeness (QED) is 0.585. The van der Waals surface area contributed by atoms with E-state index in [0.29, 0.717) is 6.04 Å². The summed E-state index contributed by atoms with van der Waals surface area (Å²) < 4.78 is 0. The highest BCUT2D eigenvalue weighted by molar-refractivity contribution is 4.91. The molecule has 3 nitrogen and oxygen atoms in total. The van der Waals surface area contributed by atoms with Gasteiger partial charge in [0.1, 0.15) is 0 Å². The summed E-state index contributed by atoms with van der Waals surface area (Å²) >= 11 is 0. The fraction of sp³-hybridized carbons (Fsp3) is 1.00. The first-order chi connectivity index (χ1) is 5.40. The van der Waals surface area contributed by atoms with Crippen LogP contribution in [-0.2, 0) is 4.84 Å². The van der Waals surface area contributed by atoms with Gasteiger partial charge in [0.15, 0.2) is 0 Å². The molecule has 0 radical (unpaired) electrons. The smallest absolute Gasteiger partial charge is 0.0572 e. The van der Waals surface area contributed by atoms with Gasteiger partial charge in [-0.15, -0.1) is 0 Å². The van der Waals surface area contributed by atoms with Gasteiger partial charge in [0.05, 0.1) is 7.11 Å². The molecule has 0 aromatic heterocycles. The van der Waals surface area contributed by atoms with Crippen molar-refractivity contribution in [2.75, 3.05) is 20.2 Å². The minimum absolute atomic E-state index is 0.574. The maximum Gasteiger partial charge on any atom is 0.0572 e. The highest BCUT2D eigenvalue weighted by Gasteiger charge is 2.34.